The molecule has 1 atom stereocenters. The molecule has 0 spiro atoms. The van der Waals surface area contributed by atoms with Crippen LogP contribution in [0, 0.1) is 18.8 Å². The van der Waals surface area contributed by atoms with Crippen LogP contribution in [-0.4, -0.2) is 0 Å². The number of rotatable bonds is 8. The second-order valence-corrected chi connectivity index (χ2v) is 5.30. The van der Waals surface area contributed by atoms with Crippen molar-refractivity contribution < 1.29 is 0 Å². The van der Waals surface area contributed by atoms with E-state index in [4.69, 9.17) is 0 Å². The first-order valence-electron chi connectivity index (χ1n) is 6.69. The normalized spacial score (nSPS) is 15.0. The van der Waals surface area contributed by atoms with Gasteiger partial charge in [-0.25, -0.2) is 0 Å². The summed E-state index contributed by atoms with van der Waals surface area (Å²) in [7, 11) is 0. The van der Waals surface area contributed by atoms with E-state index in [0.717, 1.165) is 12.3 Å². The Bertz CT molecular complexity index is 208. The lowest BCUT2D eigenvalue weighted by Crippen LogP contribution is -1.88. The van der Waals surface area contributed by atoms with Crippen molar-refractivity contribution in [3.8, 4) is 0 Å². The summed E-state index contributed by atoms with van der Waals surface area (Å²) in [6, 6.07) is 0. The van der Waals surface area contributed by atoms with E-state index < -0.39 is 0 Å². The maximum Gasteiger partial charge on any atom is -0.0259 e. The summed E-state index contributed by atoms with van der Waals surface area (Å²) in [5.74, 6) is 1.50. The maximum atomic E-state index is 3.88. The minimum atomic E-state index is 0.664. The third kappa shape index (κ3) is 10.0. The highest BCUT2D eigenvalue weighted by molar-refractivity contribution is 5.11. The predicted molar refractivity (Wildman–Crippen MR) is 75.3 cm³/mol. The van der Waals surface area contributed by atoms with Crippen molar-refractivity contribution in [1.29, 1.82) is 0 Å². The Kier molecular flexibility index (Phi) is 9.37. The molecule has 0 heterocycles. The highest BCUT2D eigenvalue weighted by Crippen LogP contribution is 2.12. The first-order chi connectivity index (χ1) is 7.56. The molecule has 0 fully saturated rings. The lowest BCUT2D eigenvalue weighted by Gasteiger charge is -2.04. The number of hydrogen-bond acceptors (Lipinski definition) is 0. The van der Waals surface area contributed by atoms with Crippen molar-refractivity contribution in [1.82, 2.24) is 0 Å². The molecule has 0 aromatic rings. The van der Waals surface area contributed by atoms with E-state index in [1.807, 2.05) is 0 Å². The second kappa shape index (κ2) is 9.69. The molecule has 0 aromatic heterocycles. The fourth-order valence-electron chi connectivity index (χ4n) is 1.70. The smallest absolute Gasteiger partial charge is 0.0259 e. The van der Waals surface area contributed by atoms with E-state index in [0.29, 0.717) is 5.92 Å². The van der Waals surface area contributed by atoms with Crippen LogP contribution in [0.2, 0.25) is 0 Å². The standard InChI is InChI=1S/C16H29/c1-6-9-15(4)12-8-13-16(5)11-7-10-14(2)3/h8,12-15H,1,6-7,9-11H2,2-5H3/b12-8+,16-13+. The van der Waals surface area contributed by atoms with E-state index in [2.05, 4.69) is 52.8 Å². The molecule has 0 nitrogen and oxygen atoms in total. The van der Waals surface area contributed by atoms with Crippen molar-refractivity contribution in [3.63, 3.8) is 0 Å². The summed E-state index contributed by atoms with van der Waals surface area (Å²) < 4.78 is 0. The summed E-state index contributed by atoms with van der Waals surface area (Å²) in [5, 5.41) is 0. The Morgan fingerprint density at radius 3 is 2.44 bits per heavy atom. The van der Waals surface area contributed by atoms with Crippen LogP contribution < -0.4 is 0 Å². The molecule has 0 aromatic carbocycles. The van der Waals surface area contributed by atoms with Crippen LogP contribution in [0.4, 0.5) is 0 Å². The molecule has 0 aliphatic heterocycles. The molecule has 0 aliphatic carbocycles. The van der Waals surface area contributed by atoms with Gasteiger partial charge in [-0.3, -0.25) is 0 Å². The molecule has 0 saturated carbocycles. The average molecular weight is 221 g/mol. The van der Waals surface area contributed by atoms with Gasteiger partial charge in [0.15, 0.2) is 0 Å². The van der Waals surface area contributed by atoms with Crippen LogP contribution in [0.1, 0.15) is 59.8 Å². The molecule has 0 rings (SSSR count). The Labute approximate surface area is 103 Å². The fraction of sp³-hybridized carbons (Fsp3) is 0.688. The van der Waals surface area contributed by atoms with Crippen molar-refractivity contribution in [2.75, 3.05) is 0 Å². The van der Waals surface area contributed by atoms with Crippen molar-refractivity contribution in [2.24, 2.45) is 11.8 Å². The molecule has 16 heavy (non-hydrogen) atoms. The molecule has 1 unspecified atom stereocenters. The summed E-state index contributed by atoms with van der Waals surface area (Å²) in [4.78, 5) is 0. The number of allylic oxidation sites excluding steroid dienone is 4. The summed E-state index contributed by atoms with van der Waals surface area (Å²) in [5.41, 5.74) is 1.50. The van der Waals surface area contributed by atoms with Crippen LogP contribution in [-0.2, 0) is 0 Å². The third-order valence-corrected chi connectivity index (χ3v) is 2.83. The minimum Gasteiger partial charge on any atom is -0.0817 e. The Morgan fingerprint density at radius 2 is 1.88 bits per heavy atom. The van der Waals surface area contributed by atoms with Crippen molar-refractivity contribution in [2.45, 2.75) is 59.8 Å². The molecule has 0 bridgehead atoms. The van der Waals surface area contributed by atoms with E-state index >= 15 is 0 Å². The van der Waals surface area contributed by atoms with Crippen LogP contribution >= 0.6 is 0 Å². The molecule has 0 amide bonds. The molecule has 0 aliphatic rings. The molecular formula is C16H29. The highest BCUT2D eigenvalue weighted by Gasteiger charge is 1.95. The summed E-state index contributed by atoms with van der Waals surface area (Å²) >= 11 is 0. The Morgan fingerprint density at radius 1 is 1.19 bits per heavy atom. The zero-order valence-corrected chi connectivity index (χ0v) is 11.6. The van der Waals surface area contributed by atoms with Crippen LogP contribution in [0.15, 0.2) is 23.8 Å². The SMILES string of the molecule is [CH2]CCC(C)/C=C/C=C(\C)CCCC(C)C. The molecule has 93 valence electrons. The topological polar surface area (TPSA) is 0 Å². The maximum absolute atomic E-state index is 3.88. The third-order valence-electron chi connectivity index (χ3n) is 2.83. The van der Waals surface area contributed by atoms with E-state index in [1.165, 1.54) is 31.3 Å². The number of hydrogen-bond donors (Lipinski definition) is 0. The molecule has 0 N–H and O–H groups in total. The first kappa shape index (κ1) is 15.5. The van der Waals surface area contributed by atoms with Gasteiger partial charge in [-0.2, -0.15) is 0 Å². The lowest BCUT2D eigenvalue weighted by molar-refractivity contribution is 0.555. The van der Waals surface area contributed by atoms with Gasteiger partial charge < -0.3 is 0 Å². The lowest BCUT2D eigenvalue weighted by atomic mass is 10.0. The van der Waals surface area contributed by atoms with Gasteiger partial charge in [0.05, 0.1) is 0 Å². The van der Waals surface area contributed by atoms with E-state index in [1.54, 1.807) is 0 Å². The summed E-state index contributed by atoms with van der Waals surface area (Å²) in [6.45, 7) is 12.9. The summed E-state index contributed by atoms with van der Waals surface area (Å²) in [6.07, 6.45) is 12.9. The zero-order chi connectivity index (χ0) is 12.4. The van der Waals surface area contributed by atoms with Gasteiger partial charge >= 0.3 is 0 Å². The quantitative estimate of drug-likeness (QED) is 0.470. The zero-order valence-electron chi connectivity index (χ0n) is 11.6. The van der Waals surface area contributed by atoms with Gasteiger partial charge in [-0.15, -0.1) is 0 Å². The Balaban J connectivity index is 3.76. The molecular weight excluding hydrogens is 192 g/mol. The minimum absolute atomic E-state index is 0.664. The van der Waals surface area contributed by atoms with Gasteiger partial charge in [-0.1, -0.05) is 64.3 Å². The predicted octanol–water partition coefficient (Wildman–Crippen LogP) is 5.57. The largest absolute Gasteiger partial charge is 0.0817 e. The van der Waals surface area contributed by atoms with Crippen LogP contribution in [0.5, 0.6) is 0 Å². The second-order valence-electron chi connectivity index (χ2n) is 5.30. The van der Waals surface area contributed by atoms with Gasteiger partial charge in [0.2, 0.25) is 0 Å². The van der Waals surface area contributed by atoms with Crippen molar-refractivity contribution in [3.05, 3.63) is 30.7 Å². The highest BCUT2D eigenvalue weighted by atomic mass is 14.0. The van der Waals surface area contributed by atoms with E-state index in [9.17, 15) is 0 Å². The Hall–Kier alpha value is -0.520. The van der Waals surface area contributed by atoms with Crippen LogP contribution in [0.3, 0.4) is 0 Å². The molecule has 0 saturated heterocycles. The van der Waals surface area contributed by atoms with Gasteiger partial charge in [-0.05, 0) is 38.0 Å². The average Bonchev–Trinajstić information content (AvgIpc) is 2.17. The van der Waals surface area contributed by atoms with Gasteiger partial charge in [0.1, 0.15) is 0 Å². The molecule has 0 heteroatoms. The van der Waals surface area contributed by atoms with Gasteiger partial charge in [0, 0.05) is 0 Å². The van der Waals surface area contributed by atoms with Gasteiger partial charge in [0.25, 0.3) is 0 Å². The van der Waals surface area contributed by atoms with Crippen LogP contribution in [0.25, 0.3) is 0 Å². The fourth-order valence-corrected chi connectivity index (χ4v) is 1.70. The monoisotopic (exact) mass is 221 g/mol. The molecule has 1 radical (unpaired) electrons. The first-order valence-corrected chi connectivity index (χ1v) is 6.69. The van der Waals surface area contributed by atoms with Crippen molar-refractivity contribution >= 4 is 0 Å². The van der Waals surface area contributed by atoms with E-state index in [-0.39, 0.29) is 0 Å².